The van der Waals surface area contributed by atoms with Crippen LogP contribution in [0.4, 0.5) is 19.3 Å². The number of rotatable bonds is 11. The molecule has 288 valence electrons. The smallest absolute Gasteiger partial charge is 0.332 e. The predicted molar refractivity (Wildman–Crippen MR) is 203 cm³/mol. The van der Waals surface area contributed by atoms with E-state index >= 15 is 0 Å². The Morgan fingerprint density at radius 2 is 1.28 bits per heavy atom. The Labute approximate surface area is 315 Å². The molecule has 4 aromatic rings. The molecule has 0 aliphatic heterocycles. The Hall–Kier alpha value is -4.98. The molecule has 0 radical (unpaired) electrons. The summed E-state index contributed by atoms with van der Waals surface area (Å²) in [5.41, 5.74) is 5.89. The van der Waals surface area contributed by atoms with Gasteiger partial charge in [0, 0.05) is 41.5 Å². The van der Waals surface area contributed by atoms with Gasteiger partial charge in [0.25, 0.3) is 6.26 Å². The van der Waals surface area contributed by atoms with Crippen LogP contribution >= 0.6 is 0 Å². The number of sulfonamides is 2. The van der Waals surface area contributed by atoms with Gasteiger partial charge in [-0.15, -0.1) is 5.26 Å². The number of halogens is 2. The molecule has 2 heterocycles. The van der Waals surface area contributed by atoms with Crippen molar-refractivity contribution in [1.82, 2.24) is 14.7 Å². The van der Waals surface area contributed by atoms with Crippen molar-refractivity contribution in [2.75, 3.05) is 16.8 Å². The van der Waals surface area contributed by atoms with E-state index < -0.39 is 26.1 Å². The number of pyridine rings is 2. The van der Waals surface area contributed by atoms with E-state index in [-0.39, 0.29) is 23.1 Å². The maximum Gasteiger partial charge on any atom is 0.332 e. The Balaban J connectivity index is 0.000000208. The third kappa shape index (κ3) is 11.5. The number of hydrogen-bond acceptors (Lipinski definition) is 9. The molecule has 0 bridgehead atoms. The number of amides is 2. The first-order valence-corrected chi connectivity index (χ1v) is 21.0. The molecule has 16 heteroatoms. The molecule has 54 heavy (non-hydrogen) atoms. The fraction of sp³-hybridized carbons (Fsp3) is 0.368. The van der Waals surface area contributed by atoms with Crippen molar-refractivity contribution >= 4 is 31.8 Å². The first kappa shape index (κ1) is 41.8. The number of hydrogen-bond donors (Lipinski definition) is 3. The van der Waals surface area contributed by atoms with E-state index in [0.717, 1.165) is 42.4 Å². The lowest BCUT2D eigenvalue weighted by Gasteiger charge is -2.17. The van der Waals surface area contributed by atoms with E-state index in [4.69, 9.17) is 15.1 Å². The van der Waals surface area contributed by atoms with E-state index in [9.17, 15) is 30.4 Å². The summed E-state index contributed by atoms with van der Waals surface area (Å²) in [6.45, 7) is 3.80. The maximum absolute atomic E-state index is 14.5. The lowest BCUT2D eigenvalue weighted by atomic mass is 9.97. The molecule has 2 amide bonds. The fourth-order valence-corrected chi connectivity index (χ4v) is 8.05. The van der Waals surface area contributed by atoms with E-state index in [2.05, 4.69) is 15.3 Å². The predicted octanol–water partition coefficient (Wildman–Crippen LogP) is 6.94. The number of nitrogens with one attached hydrogen (secondary N) is 2. The topological polar surface area (TPSA) is 194 Å². The Morgan fingerprint density at radius 1 is 0.796 bits per heavy atom. The minimum absolute atomic E-state index is 0.115. The Kier molecular flexibility index (Phi) is 15.0. The van der Waals surface area contributed by atoms with Gasteiger partial charge in [-0.25, -0.2) is 40.3 Å². The number of fused-ring (bicyclic) bond motifs is 2. The summed E-state index contributed by atoms with van der Waals surface area (Å²) in [6.07, 6.45) is 15.2. The summed E-state index contributed by atoms with van der Waals surface area (Å²) in [5.74, 6) is -0.0397. The highest BCUT2D eigenvalue weighted by atomic mass is 32.2. The summed E-state index contributed by atoms with van der Waals surface area (Å²) in [7, 11) is -6.90. The third-order valence-corrected chi connectivity index (χ3v) is 11.0. The molecule has 2 aliphatic carbocycles. The quantitative estimate of drug-likeness (QED) is 0.135. The number of unbranched alkanes of at least 4 members (excludes halogenated alkanes) is 2. The lowest BCUT2D eigenvalue weighted by Crippen LogP contribution is -2.36. The molecule has 0 unspecified atom stereocenters. The standard InChI is InChI=1S/C19H22FN3O3S.C15H11FN2O.C4H11NO2S/c1-2-3-11-27(25,26)23-19(24)22-18-15-6-4-5-14(15)17(20)12-16(18)13-7-9-21-10-8-13;16-14-8-13(10-4-6-18-7-5-10)15(19-9-17)12-3-1-2-11(12)14;1-2-3-4-8(5,6)7/h7-10,12H,2-6,11H2,1H3,(H2,22,23,24);4-8H,1-3H2;2-4H2,1H3,(H2,5,6,7). The van der Waals surface area contributed by atoms with E-state index in [1.807, 2.05) is 18.6 Å². The van der Waals surface area contributed by atoms with Crippen LogP contribution in [-0.2, 0) is 45.7 Å². The van der Waals surface area contributed by atoms with Crippen LogP contribution in [0.5, 0.6) is 5.75 Å². The van der Waals surface area contributed by atoms with Gasteiger partial charge in [-0.1, -0.05) is 26.7 Å². The fourth-order valence-electron chi connectivity index (χ4n) is 6.25. The minimum atomic E-state index is -3.71. The van der Waals surface area contributed by atoms with Gasteiger partial charge in [-0.05, 0) is 116 Å². The van der Waals surface area contributed by atoms with Gasteiger partial charge < -0.3 is 10.1 Å². The van der Waals surface area contributed by atoms with Crippen molar-refractivity contribution in [1.29, 1.82) is 5.26 Å². The first-order valence-electron chi connectivity index (χ1n) is 17.7. The summed E-state index contributed by atoms with van der Waals surface area (Å²) in [4.78, 5) is 20.3. The number of ether oxygens (including phenoxy) is 1. The molecule has 2 aliphatic rings. The van der Waals surface area contributed by atoms with Gasteiger partial charge in [0.15, 0.2) is 5.75 Å². The van der Waals surface area contributed by atoms with Crippen LogP contribution in [0, 0.1) is 23.2 Å². The zero-order valence-corrected chi connectivity index (χ0v) is 31.8. The average Bonchev–Trinajstić information content (AvgIpc) is 3.85. The molecule has 0 atom stereocenters. The highest BCUT2D eigenvalue weighted by Crippen LogP contribution is 2.41. The first-order chi connectivity index (χ1) is 25.8. The maximum atomic E-state index is 14.5. The monoisotopic (exact) mass is 782 g/mol. The number of nitrogens with two attached hydrogens (primary N) is 1. The van der Waals surface area contributed by atoms with Gasteiger partial charge in [0.2, 0.25) is 20.0 Å². The molecule has 2 aromatic heterocycles. The van der Waals surface area contributed by atoms with Gasteiger partial charge >= 0.3 is 6.03 Å². The number of carbonyl (C=O) groups excluding carboxylic acids is 1. The van der Waals surface area contributed by atoms with Crippen molar-refractivity contribution in [3.8, 4) is 34.3 Å². The summed E-state index contributed by atoms with van der Waals surface area (Å²) >= 11 is 0. The number of benzene rings is 2. The zero-order chi connectivity index (χ0) is 39.3. The number of anilines is 1. The molecule has 0 fully saturated rings. The lowest BCUT2D eigenvalue weighted by molar-refractivity contribution is 0.256. The van der Waals surface area contributed by atoms with Gasteiger partial charge in [0.1, 0.15) is 11.6 Å². The van der Waals surface area contributed by atoms with Crippen molar-refractivity contribution in [2.24, 2.45) is 5.14 Å². The van der Waals surface area contributed by atoms with E-state index in [0.29, 0.717) is 77.8 Å². The summed E-state index contributed by atoms with van der Waals surface area (Å²) in [5, 5.41) is 16.2. The van der Waals surface area contributed by atoms with Crippen LogP contribution in [0.3, 0.4) is 0 Å². The largest absolute Gasteiger partial charge is 0.387 e. The second kappa shape index (κ2) is 19.4. The number of aromatic nitrogens is 2. The van der Waals surface area contributed by atoms with Crippen molar-refractivity contribution in [2.45, 2.75) is 78.1 Å². The highest BCUT2D eigenvalue weighted by molar-refractivity contribution is 7.90. The van der Waals surface area contributed by atoms with Crippen molar-refractivity contribution in [3.05, 3.63) is 95.1 Å². The van der Waals surface area contributed by atoms with Crippen molar-refractivity contribution in [3.63, 3.8) is 0 Å². The van der Waals surface area contributed by atoms with Gasteiger partial charge in [-0.3, -0.25) is 9.97 Å². The number of nitrogens with zero attached hydrogens (tertiary/aromatic N) is 3. The van der Waals surface area contributed by atoms with Gasteiger partial charge in [0.05, 0.1) is 17.2 Å². The Morgan fingerprint density at radius 3 is 1.80 bits per heavy atom. The molecule has 0 saturated heterocycles. The molecule has 0 spiro atoms. The van der Waals surface area contributed by atoms with Crippen LogP contribution < -0.4 is 19.9 Å². The molecule has 2 aromatic carbocycles. The minimum Gasteiger partial charge on any atom is -0.387 e. The Bertz CT molecular complexity index is 2180. The highest BCUT2D eigenvalue weighted by Gasteiger charge is 2.26. The number of primary sulfonamides is 1. The molecular weight excluding hydrogens is 739 g/mol. The molecule has 6 rings (SSSR count). The molecule has 12 nitrogen and oxygen atoms in total. The van der Waals surface area contributed by atoms with Crippen LogP contribution in [0.25, 0.3) is 22.3 Å². The molecule has 4 N–H and O–H groups in total. The van der Waals surface area contributed by atoms with Crippen LogP contribution in [0.1, 0.15) is 74.6 Å². The SMILES string of the molecule is CCCCS(=O)(=O)NC(=O)Nc1c(-c2ccncc2)cc(F)c2c1CCC2.CCCCS(N)(=O)=O.N#COc1c(-c2ccncc2)cc(F)c2c1CCC2. The second-order valence-electron chi connectivity index (χ2n) is 12.8. The van der Waals surface area contributed by atoms with E-state index in [1.54, 1.807) is 55.3 Å². The third-order valence-electron chi connectivity index (χ3n) is 8.81. The van der Waals surface area contributed by atoms with E-state index in [1.165, 1.54) is 12.1 Å². The zero-order valence-electron chi connectivity index (χ0n) is 30.2. The number of nitriles is 1. The number of urea groups is 1. The normalized spacial score (nSPS) is 12.9. The summed E-state index contributed by atoms with van der Waals surface area (Å²) in [6, 6.07) is 9.00. The van der Waals surface area contributed by atoms with Crippen LogP contribution in [0.2, 0.25) is 0 Å². The molecular formula is C38H44F2N6O6S2. The number of carbonyl (C=O) groups is 1. The summed E-state index contributed by atoms with van der Waals surface area (Å²) < 4.78 is 80.1. The second-order valence-corrected chi connectivity index (χ2v) is 16.3. The average molecular weight is 783 g/mol. The van der Waals surface area contributed by atoms with Gasteiger partial charge in [-0.2, -0.15) is 0 Å². The van der Waals surface area contributed by atoms with Crippen LogP contribution in [-0.4, -0.2) is 44.3 Å². The van der Waals surface area contributed by atoms with Crippen LogP contribution in [0.15, 0.2) is 61.2 Å². The van der Waals surface area contributed by atoms with Crippen molar-refractivity contribution < 1.29 is 35.1 Å². The molecule has 0 saturated carbocycles.